The van der Waals surface area contributed by atoms with Crippen LogP contribution in [0.1, 0.15) is 37.8 Å². The van der Waals surface area contributed by atoms with E-state index in [0.29, 0.717) is 12.0 Å². The number of ether oxygens (including phenoxy) is 1. The molecule has 1 aromatic carbocycles. The fourth-order valence-electron chi connectivity index (χ4n) is 2.34. The molecule has 0 saturated heterocycles. The number of aryl methyl sites for hydroxylation is 1. The molecular weight excluding hydrogens is 268 g/mol. The number of benzene rings is 1. The van der Waals surface area contributed by atoms with Crippen molar-refractivity contribution < 1.29 is 19.4 Å². The Kier molecular flexibility index (Phi) is 5.98. The SMILES string of the molecule is CC#CCCC(C(=O)O)(C(=O)OCC)c1ccccc1C. The van der Waals surface area contributed by atoms with Gasteiger partial charge in [0.2, 0.25) is 0 Å². The van der Waals surface area contributed by atoms with E-state index in [-0.39, 0.29) is 13.0 Å². The third kappa shape index (κ3) is 3.43. The maximum Gasteiger partial charge on any atom is 0.328 e. The highest BCUT2D eigenvalue weighted by molar-refractivity contribution is 6.05. The third-order valence-corrected chi connectivity index (χ3v) is 3.40. The number of carboxylic acids is 1. The standard InChI is InChI=1S/C17H20O4/c1-4-6-9-12-17(15(18)19,16(20)21-5-2)14-11-8-7-10-13(14)3/h7-8,10-11H,5,9,12H2,1-3H3,(H,18,19). The maximum absolute atomic E-state index is 12.4. The van der Waals surface area contributed by atoms with Crippen LogP contribution in [0.3, 0.4) is 0 Å². The first-order chi connectivity index (χ1) is 10.0. The molecule has 0 fully saturated rings. The molecule has 0 saturated carbocycles. The van der Waals surface area contributed by atoms with E-state index in [9.17, 15) is 14.7 Å². The van der Waals surface area contributed by atoms with Crippen molar-refractivity contribution in [1.82, 2.24) is 0 Å². The summed E-state index contributed by atoms with van der Waals surface area (Å²) in [6.45, 7) is 5.27. The normalized spacial score (nSPS) is 12.7. The van der Waals surface area contributed by atoms with Gasteiger partial charge < -0.3 is 9.84 Å². The highest BCUT2D eigenvalue weighted by Crippen LogP contribution is 2.34. The van der Waals surface area contributed by atoms with Crippen LogP contribution in [0.25, 0.3) is 0 Å². The molecule has 0 bridgehead atoms. The van der Waals surface area contributed by atoms with Crippen molar-refractivity contribution in [2.45, 2.75) is 39.0 Å². The van der Waals surface area contributed by atoms with Crippen molar-refractivity contribution in [3.63, 3.8) is 0 Å². The lowest BCUT2D eigenvalue weighted by molar-refractivity contribution is -0.162. The van der Waals surface area contributed by atoms with E-state index in [4.69, 9.17) is 4.74 Å². The van der Waals surface area contributed by atoms with Gasteiger partial charge in [0.25, 0.3) is 0 Å². The fraction of sp³-hybridized carbons (Fsp3) is 0.412. The second-order valence-corrected chi connectivity index (χ2v) is 4.67. The lowest BCUT2D eigenvalue weighted by Crippen LogP contribution is -2.45. The molecule has 0 spiro atoms. The highest BCUT2D eigenvalue weighted by Gasteiger charge is 2.49. The van der Waals surface area contributed by atoms with Crippen LogP contribution in [-0.2, 0) is 19.7 Å². The zero-order valence-corrected chi connectivity index (χ0v) is 12.6. The minimum atomic E-state index is -1.70. The molecule has 0 aliphatic rings. The average Bonchev–Trinajstić information content (AvgIpc) is 2.44. The average molecular weight is 288 g/mol. The second-order valence-electron chi connectivity index (χ2n) is 4.67. The second kappa shape index (κ2) is 7.49. The van der Waals surface area contributed by atoms with Gasteiger partial charge in [0.15, 0.2) is 5.41 Å². The zero-order valence-electron chi connectivity index (χ0n) is 12.6. The molecule has 1 rings (SSSR count). The Balaban J connectivity index is 3.42. The zero-order chi connectivity index (χ0) is 15.9. The lowest BCUT2D eigenvalue weighted by Gasteiger charge is -2.28. The van der Waals surface area contributed by atoms with E-state index >= 15 is 0 Å². The molecule has 0 aliphatic heterocycles. The predicted octanol–water partition coefficient (Wildman–Crippen LogP) is 2.68. The van der Waals surface area contributed by atoms with E-state index in [1.807, 2.05) is 6.07 Å². The molecule has 0 aliphatic carbocycles. The molecule has 0 radical (unpaired) electrons. The van der Waals surface area contributed by atoms with Gasteiger partial charge in [-0.15, -0.1) is 11.8 Å². The number of carbonyl (C=O) groups excluding carboxylic acids is 1. The lowest BCUT2D eigenvalue weighted by atomic mass is 9.75. The van der Waals surface area contributed by atoms with Gasteiger partial charge in [-0.1, -0.05) is 24.3 Å². The van der Waals surface area contributed by atoms with E-state index in [2.05, 4.69) is 11.8 Å². The van der Waals surface area contributed by atoms with Gasteiger partial charge in [-0.2, -0.15) is 0 Å². The predicted molar refractivity (Wildman–Crippen MR) is 79.8 cm³/mol. The number of carboxylic acid groups (broad SMARTS) is 1. The quantitative estimate of drug-likeness (QED) is 0.496. The fourth-order valence-corrected chi connectivity index (χ4v) is 2.34. The minimum Gasteiger partial charge on any atom is -0.480 e. The number of aliphatic carboxylic acids is 1. The van der Waals surface area contributed by atoms with Crippen LogP contribution in [-0.4, -0.2) is 23.7 Å². The maximum atomic E-state index is 12.4. The molecule has 21 heavy (non-hydrogen) atoms. The summed E-state index contributed by atoms with van der Waals surface area (Å²) in [6.07, 6.45) is 0.406. The van der Waals surface area contributed by atoms with Crippen molar-refractivity contribution in [2.24, 2.45) is 0 Å². The highest BCUT2D eigenvalue weighted by atomic mass is 16.5. The Hall–Kier alpha value is -2.28. The molecule has 112 valence electrons. The molecule has 0 amide bonds. The molecule has 1 atom stereocenters. The monoisotopic (exact) mass is 288 g/mol. The molecule has 4 nitrogen and oxygen atoms in total. The first-order valence-electron chi connectivity index (χ1n) is 6.87. The summed E-state index contributed by atoms with van der Waals surface area (Å²) in [5.41, 5.74) is -0.489. The largest absolute Gasteiger partial charge is 0.480 e. The topological polar surface area (TPSA) is 63.6 Å². The number of carbonyl (C=O) groups is 2. The first-order valence-corrected chi connectivity index (χ1v) is 6.87. The van der Waals surface area contributed by atoms with Gasteiger partial charge >= 0.3 is 11.9 Å². The molecule has 1 N–H and O–H groups in total. The van der Waals surface area contributed by atoms with Crippen molar-refractivity contribution in [3.05, 3.63) is 35.4 Å². The van der Waals surface area contributed by atoms with Gasteiger partial charge in [-0.25, -0.2) is 0 Å². The summed E-state index contributed by atoms with van der Waals surface area (Å²) >= 11 is 0. The van der Waals surface area contributed by atoms with Gasteiger partial charge in [-0.05, 0) is 38.3 Å². The summed E-state index contributed by atoms with van der Waals surface area (Å²) in [6, 6.07) is 6.99. The summed E-state index contributed by atoms with van der Waals surface area (Å²) < 4.78 is 5.04. The van der Waals surface area contributed by atoms with Crippen LogP contribution in [0.4, 0.5) is 0 Å². The van der Waals surface area contributed by atoms with Crippen LogP contribution in [0, 0.1) is 18.8 Å². The summed E-state index contributed by atoms with van der Waals surface area (Å²) in [4.78, 5) is 24.3. The van der Waals surface area contributed by atoms with E-state index in [1.54, 1.807) is 39.0 Å². The number of hydrogen-bond donors (Lipinski definition) is 1. The van der Waals surface area contributed by atoms with Crippen LogP contribution < -0.4 is 0 Å². The Bertz CT molecular complexity index is 580. The molecule has 1 aromatic rings. The van der Waals surface area contributed by atoms with E-state index < -0.39 is 17.4 Å². The Morgan fingerprint density at radius 2 is 2.00 bits per heavy atom. The van der Waals surface area contributed by atoms with Gasteiger partial charge in [0.05, 0.1) is 6.61 Å². The summed E-state index contributed by atoms with van der Waals surface area (Å²) in [5, 5.41) is 9.75. The number of rotatable bonds is 6. The van der Waals surface area contributed by atoms with Crippen LogP contribution in [0.2, 0.25) is 0 Å². The Morgan fingerprint density at radius 1 is 1.33 bits per heavy atom. The van der Waals surface area contributed by atoms with Crippen LogP contribution in [0.5, 0.6) is 0 Å². The van der Waals surface area contributed by atoms with Crippen molar-refractivity contribution in [3.8, 4) is 11.8 Å². The molecule has 0 aromatic heterocycles. The van der Waals surface area contributed by atoms with E-state index in [1.165, 1.54) is 0 Å². The molecule has 1 unspecified atom stereocenters. The summed E-state index contributed by atoms with van der Waals surface area (Å²) in [7, 11) is 0. The Morgan fingerprint density at radius 3 is 2.52 bits per heavy atom. The molecular formula is C17H20O4. The minimum absolute atomic E-state index is 0.0901. The number of esters is 1. The van der Waals surface area contributed by atoms with Gasteiger partial charge in [-0.3, -0.25) is 9.59 Å². The van der Waals surface area contributed by atoms with Crippen LogP contribution >= 0.6 is 0 Å². The van der Waals surface area contributed by atoms with E-state index in [0.717, 1.165) is 5.56 Å². The third-order valence-electron chi connectivity index (χ3n) is 3.40. The smallest absolute Gasteiger partial charge is 0.328 e. The summed E-state index contributed by atoms with van der Waals surface area (Å²) in [5.74, 6) is 3.61. The Labute approximate surface area is 125 Å². The van der Waals surface area contributed by atoms with Gasteiger partial charge in [0, 0.05) is 6.42 Å². The van der Waals surface area contributed by atoms with Crippen molar-refractivity contribution >= 4 is 11.9 Å². The molecule has 4 heteroatoms. The van der Waals surface area contributed by atoms with Gasteiger partial charge in [0.1, 0.15) is 0 Å². The van der Waals surface area contributed by atoms with Crippen molar-refractivity contribution in [2.75, 3.05) is 6.61 Å². The van der Waals surface area contributed by atoms with Crippen LogP contribution in [0.15, 0.2) is 24.3 Å². The molecule has 0 heterocycles. The number of hydrogen-bond acceptors (Lipinski definition) is 3. The van der Waals surface area contributed by atoms with Crippen molar-refractivity contribution in [1.29, 1.82) is 0 Å². The first kappa shape index (κ1) is 16.8.